The molecular formula is C13H16ClN3O. The summed E-state index contributed by atoms with van der Waals surface area (Å²) in [5.41, 5.74) is 2.50. The van der Waals surface area contributed by atoms with Gasteiger partial charge in [0.25, 0.3) is 0 Å². The lowest BCUT2D eigenvalue weighted by atomic mass is 10.1. The zero-order valence-electron chi connectivity index (χ0n) is 10.5. The van der Waals surface area contributed by atoms with Gasteiger partial charge in [0.05, 0.1) is 22.5 Å². The average Bonchev–Trinajstić information content (AvgIpc) is 2.67. The lowest BCUT2D eigenvalue weighted by Gasteiger charge is -2.10. The van der Waals surface area contributed by atoms with Crippen LogP contribution in [0.25, 0.3) is 0 Å². The minimum Gasteiger partial charge on any atom is -0.388 e. The summed E-state index contributed by atoms with van der Waals surface area (Å²) in [6.45, 7) is 2.01. The Morgan fingerprint density at radius 2 is 2.28 bits per heavy atom. The van der Waals surface area contributed by atoms with Crippen molar-refractivity contribution in [1.82, 2.24) is 14.8 Å². The van der Waals surface area contributed by atoms with E-state index in [-0.39, 0.29) is 0 Å². The Hall–Kier alpha value is -1.39. The van der Waals surface area contributed by atoms with Crippen LogP contribution >= 0.6 is 11.6 Å². The van der Waals surface area contributed by atoms with Gasteiger partial charge < -0.3 is 5.11 Å². The second kappa shape index (κ2) is 5.50. The van der Waals surface area contributed by atoms with Gasteiger partial charge in [-0.05, 0) is 18.1 Å². The Morgan fingerprint density at radius 1 is 1.50 bits per heavy atom. The maximum Gasteiger partial charge on any atom is 0.0860 e. The second-order valence-corrected chi connectivity index (χ2v) is 4.57. The van der Waals surface area contributed by atoms with Crippen LogP contribution in [0, 0.1) is 0 Å². The predicted molar refractivity (Wildman–Crippen MR) is 70.5 cm³/mol. The molecule has 2 aromatic heterocycles. The number of pyridine rings is 1. The summed E-state index contributed by atoms with van der Waals surface area (Å²) in [5, 5.41) is 15.2. The number of aliphatic hydroxyl groups is 1. The highest BCUT2D eigenvalue weighted by molar-refractivity contribution is 6.31. The molecule has 18 heavy (non-hydrogen) atoms. The molecule has 0 radical (unpaired) electrons. The third-order valence-electron chi connectivity index (χ3n) is 2.96. The molecule has 2 rings (SSSR count). The minimum absolute atomic E-state index is 0.439. The first-order valence-electron chi connectivity index (χ1n) is 5.91. The van der Waals surface area contributed by atoms with E-state index in [9.17, 15) is 5.11 Å². The average molecular weight is 266 g/mol. The quantitative estimate of drug-likeness (QED) is 0.923. The van der Waals surface area contributed by atoms with Gasteiger partial charge in [-0.15, -0.1) is 0 Å². The molecule has 0 aliphatic rings. The van der Waals surface area contributed by atoms with Crippen molar-refractivity contribution < 1.29 is 5.11 Å². The van der Waals surface area contributed by atoms with E-state index in [4.69, 9.17) is 11.6 Å². The molecule has 5 heteroatoms. The molecule has 0 spiro atoms. The molecule has 0 fully saturated rings. The van der Waals surface area contributed by atoms with E-state index in [0.717, 1.165) is 23.4 Å². The van der Waals surface area contributed by atoms with Gasteiger partial charge in [0.15, 0.2) is 0 Å². The number of aliphatic hydroxyl groups excluding tert-OH is 1. The number of nitrogens with zero attached hydrogens (tertiary/aromatic N) is 3. The molecule has 0 aliphatic heterocycles. The van der Waals surface area contributed by atoms with E-state index in [2.05, 4.69) is 10.1 Å². The van der Waals surface area contributed by atoms with E-state index in [1.54, 1.807) is 23.1 Å². The molecule has 96 valence electrons. The minimum atomic E-state index is -0.615. The molecule has 1 unspecified atom stereocenters. The third kappa shape index (κ3) is 2.54. The van der Waals surface area contributed by atoms with Crippen molar-refractivity contribution in [1.29, 1.82) is 0 Å². The summed E-state index contributed by atoms with van der Waals surface area (Å²) in [4.78, 5) is 4.00. The molecular weight excluding hydrogens is 250 g/mol. The fourth-order valence-corrected chi connectivity index (χ4v) is 2.29. The molecule has 0 amide bonds. The molecule has 0 aliphatic carbocycles. The van der Waals surface area contributed by atoms with Crippen LogP contribution in [0.15, 0.2) is 24.5 Å². The van der Waals surface area contributed by atoms with Gasteiger partial charge in [-0.25, -0.2) is 0 Å². The van der Waals surface area contributed by atoms with Crippen LogP contribution in [0.4, 0.5) is 0 Å². The number of halogens is 1. The fourth-order valence-electron chi connectivity index (χ4n) is 1.92. The predicted octanol–water partition coefficient (Wildman–Crippen LogP) is 2.31. The monoisotopic (exact) mass is 265 g/mol. The molecule has 0 aromatic carbocycles. The summed E-state index contributed by atoms with van der Waals surface area (Å²) in [6, 6.07) is 3.66. The molecule has 2 aromatic rings. The SMILES string of the molecule is CCc1nn(C)c(CC(O)c2cccnc2)c1Cl. The molecule has 1 atom stereocenters. The maximum atomic E-state index is 10.2. The number of rotatable bonds is 4. The Labute approximate surface area is 111 Å². The molecule has 0 saturated heterocycles. The lowest BCUT2D eigenvalue weighted by molar-refractivity contribution is 0.175. The van der Waals surface area contributed by atoms with Crippen LogP contribution in [0.3, 0.4) is 0 Å². The molecule has 0 saturated carbocycles. The first-order chi connectivity index (χ1) is 8.63. The van der Waals surface area contributed by atoms with Crippen molar-refractivity contribution >= 4 is 11.6 Å². The van der Waals surface area contributed by atoms with E-state index < -0.39 is 6.10 Å². The Kier molecular flexibility index (Phi) is 3.99. The zero-order chi connectivity index (χ0) is 13.1. The number of hydrogen-bond donors (Lipinski definition) is 1. The van der Waals surface area contributed by atoms with Crippen LogP contribution in [0.2, 0.25) is 5.02 Å². The Bertz CT molecular complexity index is 525. The first-order valence-corrected chi connectivity index (χ1v) is 6.29. The Balaban J connectivity index is 2.22. The fraction of sp³-hybridized carbons (Fsp3) is 0.385. The number of hydrogen-bond acceptors (Lipinski definition) is 3. The van der Waals surface area contributed by atoms with Gasteiger partial charge >= 0.3 is 0 Å². The standard InChI is InChI=1S/C13H16ClN3O/c1-3-10-13(14)11(17(2)16-10)7-12(18)9-5-4-6-15-8-9/h4-6,8,12,18H,3,7H2,1-2H3. The largest absolute Gasteiger partial charge is 0.388 e. The highest BCUT2D eigenvalue weighted by Crippen LogP contribution is 2.25. The second-order valence-electron chi connectivity index (χ2n) is 4.19. The summed E-state index contributed by atoms with van der Waals surface area (Å²) in [5.74, 6) is 0. The summed E-state index contributed by atoms with van der Waals surface area (Å²) < 4.78 is 1.74. The van der Waals surface area contributed by atoms with Gasteiger partial charge in [0, 0.05) is 25.9 Å². The lowest BCUT2D eigenvalue weighted by Crippen LogP contribution is -2.07. The van der Waals surface area contributed by atoms with E-state index in [1.807, 2.05) is 20.0 Å². The summed E-state index contributed by atoms with van der Waals surface area (Å²) in [6.07, 6.45) is 3.96. The normalized spacial score (nSPS) is 12.7. The van der Waals surface area contributed by atoms with Crippen LogP contribution < -0.4 is 0 Å². The van der Waals surface area contributed by atoms with E-state index >= 15 is 0 Å². The maximum absolute atomic E-state index is 10.2. The van der Waals surface area contributed by atoms with Crippen LogP contribution in [-0.2, 0) is 19.9 Å². The first kappa shape index (κ1) is 13.1. The van der Waals surface area contributed by atoms with Crippen molar-refractivity contribution in [2.75, 3.05) is 0 Å². The molecule has 1 N–H and O–H groups in total. The molecule has 2 heterocycles. The third-order valence-corrected chi connectivity index (χ3v) is 3.40. The van der Waals surface area contributed by atoms with Gasteiger partial charge in [-0.2, -0.15) is 5.10 Å². The zero-order valence-corrected chi connectivity index (χ0v) is 11.2. The van der Waals surface area contributed by atoms with Crippen molar-refractivity contribution in [3.8, 4) is 0 Å². The molecule has 4 nitrogen and oxygen atoms in total. The van der Waals surface area contributed by atoms with Gasteiger partial charge in [-0.1, -0.05) is 24.6 Å². The van der Waals surface area contributed by atoms with Crippen molar-refractivity contribution in [2.45, 2.75) is 25.9 Å². The topological polar surface area (TPSA) is 50.9 Å². The van der Waals surface area contributed by atoms with Crippen molar-refractivity contribution in [3.05, 3.63) is 46.5 Å². The number of aryl methyl sites for hydroxylation is 2. The van der Waals surface area contributed by atoms with E-state index in [0.29, 0.717) is 11.4 Å². The Morgan fingerprint density at radius 3 is 2.83 bits per heavy atom. The number of aromatic nitrogens is 3. The molecule has 0 bridgehead atoms. The highest BCUT2D eigenvalue weighted by Gasteiger charge is 2.17. The van der Waals surface area contributed by atoms with Crippen molar-refractivity contribution in [2.24, 2.45) is 7.05 Å². The summed E-state index contributed by atoms with van der Waals surface area (Å²) >= 11 is 6.25. The smallest absolute Gasteiger partial charge is 0.0860 e. The summed E-state index contributed by atoms with van der Waals surface area (Å²) in [7, 11) is 1.84. The van der Waals surface area contributed by atoms with Crippen LogP contribution in [-0.4, -0.2) is 19.9 Å². The van der Waals surface area contributed by atoms with Gasteiger partial charge in [-0.3, -0.25) is 9.67 Å². The highest BCUT2D eigenvalue weighted by atomic mass is 35.5. The van der Waals surface area contributed by atoms with E-state index in [1.165, 1.54) is 0 Å². The van der Waals surface area contributed by atoms with Gasteiger partial charge in [0.1, 0.15) is 0 Å². The van der Waals surface area contributed by atoms with Crippen LogP contribution in [0.1, 0.15) is 30.0 Å². The van der Waals surface area contributed by atoms with Crippen LogP contribution in [0.5, 0.6) is 0 Å². The van der Waals surface area contributed by atoms with Crippen molar-refractivity contribution in [3.63, 3.8) is 0 Å². The van der Waals surface area contributed by atoms with Gasteiger partial charge in [0.2, 0.25) is 0 Å².